The maximum absolute atomic E-state index is 9.23. The molecule has 5 heterocycles. The number of hydrogen-bond acceptors (Lipinski definition) is 9. The van der Waals surface area contributed by atoms with Gasteiger partial charge in [-0.15, -0.1) is 5.10 Å². The maximum atomic E-state index is 9.23. The van der Waals surface area contributed by atoms with Crippen LogP contribution < -0.4 is 11.1 Å². The van der Waals surface area contributed by atoms with Gasteiger partial charge in [-0.2, -0.15) is 15.0 Å². The highest BCUT2D eigenvalue weighted by molar-refractivity contribution is 5.81. The molecular weight excluding hydrogens is 420 g/mol. The lowest BCUT2D eigenvalue weighted by Gasteiger charge is -2.25. The lowest BCUT2D eigenvalue weighted by Crippen LogP contribution is -2.28. The van der Waals surface area contributed by atoms with Gasteiger partial charge in [0, 0.05) is 54.7 Å². The molecule has 3 N–H and O–H groups in total. The fourth-order valence-corrected chi connectivity index (χ4v) is 3.94. The van der Waals surface area contributed by atoms with E-state index in [-0.39, 0.29) is 11.9 Å². The molecule has 5 rings (SSSR count). The molecule has 1 aliphatic rings. The summed E-state index contributed by atoms with van der Waals surface area (Å²) >= 11 is 0. The second-order valence-corrected chi connectivity index (χ2v) is 7.99. The summed E-state index contributed by atoms with van der Waals surface area (Å²) in [5.74, 6) is 0.748. The monoisotopic (exact) mass is 444 g/mol. The van der Waals surface area contributed by atoms with Gasteiger partial charge in [0.15, 0.2) is 11.5 Å². The van der Waals surface area contributed by atoms with Gasteiger partial charge >= 0.3 is 0 Å². The molecule has 11 nitrogen and oxygen atoms in total. The third-order valence-corrected chi connectivity index (χ3v) is 5.65. The molecule has 1 aliphatic heterocycles. The van der Waals surface area contributed by atoms with Gasteiger partial charge in [0.05, 0.1) is 18.0 Å². The molecule has 11 heteroatoms. The van der Waals surface area contributed by atoms with Crippen molar-refractivity contribution in [3.8, 4) is 23.1 Å². The highest BCUT2D eigenvalue weighted by atomic mass is 16.5. The van der Waals surface area contributed by atoms with Crippen LogP contribution in [0, 0.1) is 11.3 Å². The topological polar surface area (TPSA) is 145 Å². The second kappa shape index (κ2) is 8.84. The van der Waals surface area contributed by atoms with E-state index in [0.29, 0.717) is 22.4 Å². The third-order valence-electron chi connectivity index (χ3n) is 5.65. The highest BCUT2D eigenvalue weighted by Gasteiger charge is 2.19. The smallest absolute Gasteiger partial charge is 0.167 e. The minimum atomic E-state index is 0.163. The predicted octanol–water partition coefficient (Wildman–Crippen LogP) is 2.53. The number of nitrogens with zero attached hydrogens (tertiary/aromatic N) is 8. The van der Waals surface area contributed by atoms with Crippen molar-refractivity contribution < 1.29 is 4.74 Å². The highest BCUT2D eigenvalue weighted by Crippen LogP contribution is 2.30. The van der Waals surface area contributed by atoms with Crippen molar-refractivity contribution >= 4 is 22.5 Å². The molecule has 0 atom stereocenters. The minimum Gasteiger partial charge on any atom is -0.383 e. The number of nitrogens with one attached hydrogen (secondary N) is 1. The molecule has 0 spiro atoms. The number of rotatable bonds is 6. The van der Waals surface area contributed by atoms with Gasteiger partial charge in [-0.1, -0.05) is 12.1 Å². The van der Waals surface area contributed by atoms with E-state index < -0.39 is 0 Å². The Kier molecular flexibility index (Phi) is 5.58. The molecule has 0 unspecified atom stereocenters. The van der Waals surface area contributed by atoms with Crippen LogP contribution >= 0.6 is 0 Å². The molecular formula is C22H24N10O. The Labute approximate surface area is 190 Å². The fraction of sp³-hybridized carbons (Fsp3) is 0.364. The molecule has 33 heavy (non-hydrogen) atoms. The molecule has 4 aromatic heterocycles. The molecule has 0 aromatic carbocycles. The van der Waals surface area contributed by atoms with E-state index in [1.54, 1.807) is 23.1 Å². The van der Waals surface area contributed by atoms with Crippen LogP contribution in [0.3, 0.4) is 0 Å². The predicted molar refractivity (Wildman–Crippen MR) is 123 cm³/mol. The van der Waals surface area contributed by atoms with Crippen LogP contribution in [-0.4, -0.2) is 54.0 Å². The number of hydrogen-bond donors (Lipinski definition) is 2. The number of aryl methyl sites for hydroxylation is 1. The van der Waals surface area contributed by atoms with Crippen molar-refractivity contribution in [3.05, 3.63) is 36.3 Å². The molecule has 1 saturated heterocycles. The van der Waals surface area contributed by atoms with Crippen molar-refractivity contribution in [2.45, 2.75) is 38.8 Å². The quantitative estimate of drug-likeness (QED) is 0.458. The Morgan fingerprint density at radius 1 is 1.27 bits per heavy atom. The number of ether oxygens (including phenoxy) is 1. The van der Waals surface area contributed by atoms with Crippen LogP contribution in [0.25, 0.3) is 28.1 Å². The first-order valence-electron chi connectivity index (χ1n) is 11.0. The SMILES string of the molecule is CCCn1cc(-c2cnc(-n3ncc4cc(C#N)c(N)nc43)cc2NC2CCOCC2)nn1. The Balaban J connectivity index is 1.57. The summed E-state index contributed by atoms with van der Waals surface area (Å²) in [5, 5.41) is 26.6. The molecule has 0 saturated carbocycles. The van der Waals surface area contributed by atoms with Crippen molar-refractivity contribution in [3.63, 3.8) is 0 Å². The van der Waals surface area contributed by atoms with Crippen LogP contribution in [0.1, 0.15) is 31.7 Å². The lowest BCUT2D eigenvalue weighted by atomic mass is 10.1. The molecule has 4 aromatic rings. The van der Waals surface area contributed by atoms with Gasteiger partial charge in [-0.25, -0.2) is 9.97 Å². The molecule has 0 amide bonds. The van der Waals surface area contributed by atoms with Crippen LogP contribution in [0.5, 0.6) is 0 Å². The fourth-order valence-electron chi connectivity index (χ4n) is 3.94. The van der Waals surface area contributed by atoms with Crippen LogP contribution in [0.4, 0.5) is 11.5 Å². The van der Waals surface area contributed by atoms with E-state index in [9.17, 15) is 5.26 Å². The van der Waals surface area contributed by atoms with Crippen molar-refractivity contribution in [1.82, 2.24) is 34.7 Å². The summed E-state index contributed by atoms with van der Waals surface area (Å²) < 4.78 is 8.97. The summed E-state index contributed by atoms with van der Waals surface area (Å²) in [6.07, 6.45) is 8.17. The molecule has 0 bridgehead atoms. The van der Waals surface area contributed by atoms with Gasteiger partial charge in [0.2, 0.25) is 0 Å². The summed E-state index contributed by atoms with van der Waals surface area (Å²) in [5.41, 5.74) is 9.32. The number of anilines is 2. The molecule has 1 fully saturated rings. The second-order valence-electron chi connectivity index (χ2n) is 7.99. The van der Waals surface area contributed by atoms with E-state index in [2.05, 4.69) is 43.7 Å². The number of aromatic nitrogens is 7. The minimum absolute atomic E-state index is 0.163. The first-order chi connectivity index (χ1) is 16.2. The first-order valence-corrected chi connectivity index (χ1v) is 11.0. The zero-order valence-corrected chi connectivity index (χ0v) is 18.3. The zero-order chi connectivity index (χ0) is 22.8. The van der Waals surface area contributed by atoms with Gasteiger partial charge in [0.25, 0.3) is 0 Å². The summed E-state index contributed by atoms with van der Waals surface area (Å²) in [6, 6.07) is 5.95. The summed E-state index contributed by atoms with van der Waals surface area (Å²) in [4.78, 5) is 9.03. The zero-order valence-electron chi connectivity index (χ0n) is 18.3. The maximum Gasteiger partial charge on any atom is 0.167 e. The van der Waals surface area contributed by atoms with Crippen molar-refractivity contribution in [2.75, 3.05) is 24.3 Å². The van der Waals surface area contributed by atoms with Gasteiger partial charge in [-0.3, -0.25) is 4.68 Å². The Morgan fingerprint density at radius 3 is 2.91 bits per heavy atom. The molecule has 0 radical (unpaired) electrons. The van der Waals surface area contributed by atoms with Crippen molar-refractivity contribution in [2.24, 2.45) is 0 Å². The standard InChI is InChI=1S/C22H24N10O/c1-2-5-31-13-19(29-30-31)17-12-25-20(9-18(17)27-16-3-6-33-7-4-16)32-22-15(11-26-32)8-14(10-23)21(24)28-22/h8-9,11-13,16H,2-7H2,1H3,(H2,24,28)(H,25,27). The number of nitrogen functional groups attached to an aromatic ring is 1. The van der Waals surface area contributed by atoms with E-state index >= 15 is 0 Å². The Morgan fingerprint density at radius 2 is 2.12 bits per heavy atom. The van der Waals surface area contributed by atoms with Crippen LogP contribution in [0.15, 0.2) is 30.7 Å². The summed E-state index contributed by atoms with van der Waals surface area (Å²) in [6.45, 7) is 4.36. The van der Waals surface area contributed by atoms with E-state index in [1.165, 1.54) is 0 Å². The number of pyridine rings is 2. The van der Waals surface area contributed by atoms with Crippen LogP contribution in [-0.2, 0) is 11.3 Å². The third kappa shape index (κ3) is 4.08. The summed E-state index contributed by atoms with van der Waals surface area (Å²) in [7, 11) is 0. The Bertz CT molecular complexity index is 1330. The van der Waals surface area contributed by atoms with Gasteiger partial charge in [0.1, 0.15) is 17.6 Å². The number of nitrogens with two attached hydrogens (primary N) is 1. The van der Waals surface area contributed by atoms with Gasteiger partial charge in [-0.05, 0) is 25.3 Å². The first kappa shape index (κ1) is 20.8. The average Bonchev–Trinajstić information content (AvgIpc) is 3.46. The number of nitriles is 1. The van der Waals surface area contributed by atoms with Crippen LogP contribution in [0.2, 0.25) is 0 Å². The van der Waals surface area contributed by atoms with E-state index in [1.807, 2.05) is 16.9 Å². The van der Waals surface area contributed by atoms with E-state index in [0.717, 1.165) is 56.0 Å². The Hall–Kier alpha value is -4.04. The van der Waals surface area contributed by atoms with Gasteiger partial charge < -0.3 is 15.8 Å². The molecule has 0 aliphatic carbocycles. The number of fused-ring (bicyclic) bond motifs is 1. The van der Waals surface area contributed by atoms with Crippen molar-refractivity contribution in [1.29, 1.82) is 5.26 Å². The lowest BCUT2D eigenvalue weighted by molar-refractivity contribution is 0.0904. The largest absolute Gasteiger partial charge is 0.383 e. The molecule has 168 valence electrons. The normalized spacial score (nSPS) is 14.4. The van der Waals surface area contributed by atoms with E-state index in [4.69, 9.17) is 10.5 Å². The average molecular weight is 445 g/mol.